The molecule has 7 nitrogen and oxygen atoms in total. The second kappa shape index (κ2) is 6.63. The van der Waals surface area contributed by atoms with Crippen molar-refractivity contribution in [1.82, 2.24) is 4.90 Å². The normalized spacial score (nSPS) is 17.6. The van der Waals surface area contributed by atoms with Crippen molar-refractivity contribution in [3.05, 3.63) is 33.9 Å². The van der Waals surface area contributed by atoms with Gasteiger partial charge in [-0.1, -0.05) is 0 Å². The lowest BCUT2D eigenvalue weighted by atomic mass is 10.1. The van der Waals surface area contributed by atoms with Gasteiger partial charge in [0.2, 0.25) is 5.91 Å². The fourth-order valence-electron chi connectivity index (χ4n) is 2.67. The van der Waals surface area contributed by atoms with Crippen molar-refractivity contribution in [2.24, 2.45) is 5.73 Å². The molecule has 0 radical (unpaired) electrons. The molecule has 1 aromatic rings. The lowest BCUT2D eigenvalue weighted by Gasteiger charge is -2.38. The largest absolute Gasteiger partial charge is 0.418 e. The second-order valence-electron chi connectivity index (χ2n) is 5.56. The molecule has 10 heteroatoms. The first-order chi connectivity index (χ1) is 11.1. The van der Waals surface area contributed by atoms with Crippen LogP contribution in [0.15, 0.2) is 18.2 Å². The first-order valence-electron chi connectivity index (χ1n) is 7.25. The molecule has 0 aromatic heterocycles. The van der Waals surface area contributed by atoms with Crippen molar-refractivity contribution in [2.75, 3.05) is 31.1 Å². The molecular weight excluding hydrogens is 329 g/mol. The number of amides is 1. The summed E-state index contributed by atoms with van der Waals surface area (Å²) in [5.41, 5.74) is 3.50. The number of alkyl halides is 3. The molecule has 0 spiro atoms. The Bertz CT molecular complexity index is 643. The number of piperazine rings is 1. The maximum Gasteiger partial charge on any atom is 0.418 e. The molecule has 0 bridgehead atoms. The number of nitrogens with two attached hydrogens (primary N) is 1. The van der Waals surface area contributed by atoms with E-state index in [4.69, 9.17) is 5.73 Å². The molecule has 0 saturated carbocycles. The molecule has 1 atom stereocenters. The number of hydrogen-bond acceptors (Lipinski definition) is 5. The number of non-ortho nitro benzene ring substituents is 1. The molecule has 1 saturated heterocycles. The van der Waals surface area contributed by atoms with Crippen LogP contribution in [0.2, 0.25) is 0 Å². The van der Waals surface area contributed by atoms with Gasteiger partial charge in [-0.05, 0) is 13.0 Å². The van der Waals surface area contributed by atoms with Crippen LogP contribution in [-0.4, -0.2) is 48.0 Å². The molecular formula is C14H17F3N4O3. The summed E-state index contributed by atoms with van der Waals surface area (Å²) in [5.74, 6) is -0.491. The number of nitro groups is 1. The standard InChI is InChI=1S/C14H17F3N4O3/c1-9(13(18)22)19-4-6-20(7-5-19)12-3-2-10(21(23)24)8-11(12)14(15,16)17/h2-3,8-9H,4-7H2,1H3,(H2,18,22). The highest BCUT2D eigenvalue weighted by atomic mass is 19.4. The van der Waals surface area contributed by atoms with Crippen LogP contribution in [-0.2, 0) is 11.0 Å². The van der Waals surface area contributed by atoms with Crippen molar-refractivity contribution in [1.29, 1.82) is 0 Å². The van der Waals surface area contributed by atoms with Gasteiger partial charge in [-0.3, -0.25) is 19.8 Å². The Morgan fingerprint density at radius 2 is 1.88 bits per heavy atom. The zero-order chi connectivity index (χ0) is 18.1. The van der Waals surface area contributed by atoms with E-state index in [1.807, 2.05) is 0 Å². The number of benzene rings is 1. The number of carbonyl (C=O) groups excluding carboxylic acids is 1. The van der Waals surface area contributed by atoms with Gasteiger partial charge in [0.15, 0.2) is 0 Å². The number of carbonyl (C=O) groups is 1. The summed E-state index contributed by atoms with van der Waals surface area (Å²) in [6, 6.07) is 2.23. The number of primary amides is 1. The van der Waals surface area contributed by atoms with Crippen molar-refractivity contribution < 1.29 is 22.9 Å². The van der Waals surface area contributed by atoms with E-state index in [2.05, 4.69) is 0 Å². The maximum absolute atomic E-state index is 13.2. The van der Waals surface area contributed by atoms with Crippen LogP contribution in [0, 0.1) is 10.1 Å². The van der Waals surface area contributed by atoms with Crippen LogP contribution in [0.25, 0.3) is 0 Å². The van der Waals surface area contributed by atoms with Gasteiger partial charge < -0.3 is 10.6 Å². The molecule has 2 rings (SSSR count). The van der Waals surface area contributed by atoms with Gasteiger partial charge in [-0.25, -0.2) is 0 Å². The number of anilines is 1. The van der Waals surface area contributed by atoms with Gasteiger partial charge >= 0.3 is 6.18 Å². The van der Waals surface area contributed by atoms with Gasteiger partial charge in [0.1, 0.15) is 0 Å². The molecule has 24 heavy (non-hydrogen) atoms. The lowest BCUT2D eigenvalue weighted by Crippen LogP contribution is -2.53. The van der Waals surface area contributed by atoms with Crippen LogP contribution in [0.5, 0.6) is 0 Å². The predicted molar refractivity (Wildman–Crippen MR) is 80.5 cm³/mol. The van der Waals surface area contributed by atoms with E-state index in [0.29, 0.717) is 19.2 Å². The van der Waals surface area contributed by atoms with Crippen LogP contribution < -0.4 is 10.6 Å². The third-order valence-corrected chi connectivity index (χ3v) is 4.11. The molecule has 1 aromatic carbocycles. The van der Waals surface area contributed by atoms with Crippen LogP contribution in [0.4, 0.5) is 24.5 Å². The molecule has 1 heterocycles. The van der Waals surface area contributed by atoms with Crippen molar-refractivity contribution >= 4 is 17.3 Å². The van der Waals surface area contributed by atoms with E-state index in [0.717, 1.165) is 12.1 Å². The average molecular weight is 346 g/mol. The fraction of sp³-hybridized carbons (Fsp3) is 0.500. The minimum absolute atomic E-state index is 0.0977. The summed E-state index contributed by atoms with van der Waals surface area (Å²) < 4.78 is 39.7. The van der Waals surface area contributed by atoms with Crippen LogP contribution in [0.1, 0.15) is 12.5 Å². The number of hydrogen-bond donors (Lipinski definition) is 1. The van der Waals surface area contributed by atoms with Crippen molar-refractivity contribution in [3.63, 3.8) is 0 Å². The van der Waals surface area contributed by atoms with Gasteiger partial charge in [-0.15, -0.1) is 0 Å². The minimum atomic E-state index is -4.70. The molecule has 1 unspecified atom stereocenters. The average Bonchev–Trinajstić information content (AvgIpc) is 2.52. The van der Waals surface area contributed by atoms with Gasteiger partial charge in [0.25, 0.3) is 5.69 Å². The molecule has 2 N–H and O–H groups in total. The summed E-state index contributed by atoms with van der Waals surface area (Å²) in [6.45, 7) is 2.92. The Balaban J connectivity index is 2.24. The second-order valence-corrected chi connectivity index (χ2v) is 5.56. The highest BCUT2D eigenvalue weighted by molar-refractivity contribution is 5.79. The Hall–Kier alpha value is -2.36. The van der Waals surface area contributed by atoms with Gasteiger partial charge in [0, 0.05) is 44.0 Å². The summed E-state index contributed by atoms with van der Waals surface area (Å²) in [4.78, 5) is 24.4. The molecule has 1 fully saturated rings. The van der Waals surface area contributed by atoms with E-state index in [1.165, 1.54) is 4.90 Å². The smallest absolute Gasteiger partial charge is 0.368 e. The topological polar surface area (TPSA) is 92.7 Å². The number of rotatable bonds is 4. The predicted octanol–water partition coefficient (Wildman–Crippen LogP) is 1.61. The maximum atomic E-state index is 13.2. The monoisotopic (exact) mass is 346 g/mol. The third-order valence-electron chi connectivity index (χ3n) is 4.11. The quantitative estimate of drug-likeness (QED) is 0.660. The SMILES string of the molecule is CC(C(N)=O)N1CCN(c2ccc([N+](=O)[O-])cc2C(F)(F)F)CC1. The molecule has 1 amide bonds. The number of halogens is 3. The van der Waals surface area contributed by atoms with Crippen LogP contribution in [0.3, 0.4) is 0 Å². The molecule has 0 aliphatic carbocycles. The molecule has 1 aliphatic rings. The minimum Gasteiger partial charge on any atom is -0.368 e. The van der Waals surface area contributed by atoms with Crippen LogP contribution >= 0.6 is 0 Å². The van der Waals surface area contributed by atoms with E-state index in [9.17, 15) is 28.1 Å². The summed E-state index contributed by atoms with van der Waals surface area (Å²) in [6.07, 6.45) is -4.70. The van der Waals surface area contributed by atoms with E-state index in [-0.39, 0.29) is 18.8 Å². The highest BCUT2D eigenvalue weighted by Gasteiger charge is 2.37. The summed E-state index contributed by atoms with van der Waals surface area (Å²) in [7, 11) is 0. The van der Waals surface area contributed by atoms with E-state index in [1.54, 1.807) is 11.8 Å². The Morgan fingerprint density at radius 3 is 2.33 bits per heavy atom. The summed E-state index contributed by atoms with van der Waals surface area (Å²) >= 11 is 0. The van der Waals surface area contributed by atoms with Crippen molar-refractivity contribution in [3.8, 4) is 0 Å². The zero-order valence-electron chi connectivity index (χ0n) is 12.9. The van der Waals surface area contributed by atoms with Crippen molar-refractivity contribution in [2.45, 2.75) is 19.1 Å². The first kappa shape index (κ1) is 18.0. The zero-order valence-corrected chi connectivity index (χ0v) is 12.9. The first-order valence-corrected chi connectivity index (χ1v) is 7.25. The third kappa shape index (κ3) is 3.75. The highest BCUT2D eigenvalue weighted by Crippen LogP contribution is 2.39. The number of nitrogens with zero attached hydrogens (tertiary/aromatic N) is 3. The molecule has 132 valence electrons. The Morgan fingerprint density at radius 1 is 1.29 bits per heavy atom. The van der Waals surface area contributed by atoms with E-state index < -0.39 is 34.3 Å². The van der Waals surface area contributed by atoms with E-state index >= 15 is 0 Å². The van der Waals surface area contributed by atoms with Gasteiger partial charge in [0.05, 0.1) is 16.5 Å². The number of nitro benzene ring substituents is 1. The Kier molecular flexibility index (Phi) is 4.97. The van der Waals surface area contributed by atoms with Gasteiger partial charge in [-0.2, -0.15) is 13.2 Å². The lowest BCUT2D eigenvalue weighted by molar-refractivity contribution is -0.385. The fourth-order valence-corrected chi connectivity index (χ4v) is 2.67. The summed E-state index contributed by atoms with van der Waals surface area (Å²) in [5, 5.41) is 10.7. The Labute approximate surface area is 136 Å². The molecule has 1 aliphatic heterocycles.